The fourth-order valence-corrected chi connectivity index (χ4v) is 4.71. The van der Waals surface area contributed by atoms with Gasteiger partial charge in [0.1, 0.15) is 10.7 Å². The Labute approximate surface area is 126 Å². The molecule has 1 heterocycles. The second-order valence-corrected chi connectivity index (χ2v) is 7.09. The van der Waals surface area contributed by atoms with Gasteiger partial charge >= 0.3 is 0 Å². The van der Waals surface area contributed by atoms with Crippen molar-refractivity contribution in [1.82, 2.24) is 9.29 Å². The van der Waals surface area contributed by atoms with E-state index in [1.165, 1.54) is 4.31 Å². The first-order valence-electron chi connectivity index (χ1n) is 7.36. The zero-order chi connectivity index (χ0) is 15.3. The number of rotatable bonds is 6. The Hall–Kier alpha value is -1.18. The first kappa shape index (κ1) is 16.2. The molecule has 118 valence electrons. The maximum Gasteiger partial charge on any atom is 0.247 e. The van der Waals surface area contributed by atoms with Gasteiger partial charge in [-0.2, -0.15) is 4.31 Å². The molecular weight excluding hydrogens is 290 g/mol. The number of aromatic nitrogens is 1. The van der Waals surface area contributed by atoms with Crippen molar-refractivity contribution in [2.75, 3.05) is 25.5 Å². The summed E-state index contributed by atoms with van der Waals surface area (Å²) in [5.74, 6) is 0.344. The number of nitrogens with one attached hydrogen (secondary N) is 1. The highest BCUT2D eigenvalue weighted by Gasteiger charge is 2.33. The van der Waals surface area contributed by atoms with Crippen molar-refractivity contribution in [1.29, 1.82) is 0 Å². The molecule has 1 aromatic heterocycles. The molecule has 0 bridgehead atoms. The maximum absolute atomic E-state index is 12.9. The van der Waals surface area contributed by atoms with Gasteiger partial charge in [-0.3, -0.25) is 0 Å². The summed E-state index contributed by atoms with van der Waals surface area (Å²) in [6, 6.07) is 3.15. The van der Waals surface area contributed by atoms with E-state index in [0.29, 0.717) is 5.82 Å². The van der Waals surface area contributed by atoms with E-state index in [1.54, 1.807) is 25.4 Å². The summed E-state index contributed by atoms with van der Waals surface area (Å²) in [7, 11) is -2.01. The Morgan fingerprint density at radius 1 is 1.38 bits per heavy atom. The summed E-state index contributed by atoms with van der Waals surface area (Å²) < 4.78 is 27.3. The van der Waals surface area contributed by atoms with Crippen molar-refractivity contribution in [3.8, 4) is 0 Å². The topological polar surface area (TPSA) is 82.5 Å². The van der Waals surface area contributed by atoms with E-state index >= 15 is 0 Å². The average molecular weight is 313 g/mol. The lowest BCUT2D eigenvalue weighted by Gasteiger charge is -2.33. The molecule has 1 aliphatic rings. The summed E-state index contributed by atoms with van der Waals surface area (Å²) in [5.41, 5.74) is 0. The molecule has 1 fully saturated rings. The molecule has 0 aliphatic heterocycles. The van der Waals surface area contributed by atoms with Crippen LogP contribution in [0.4, 0.5) is 5.82 Å². The van der Waals surface area contributed by atoms with Crippen molar-refractivity contribution in [3.05, 3.63) is 18.3 Å². The van der Waals surface area contributed by atoms with E-state index in [-0.39, 0.29) is 24.1 Å². The quantitative estimate of drug-likeness (QED) is 0.830. The van der Waals surface area contributed by atoms with Gasteiger partial charge in [0.05, 0.1) is 6.61 Å². The predicted molar refractivity (Wildman–Crippen MR) is 81.6 cm³/mol. The summed E-state index contributed by atoms with van der Waals surface area (Å²) in [6.45, 7) is -0.0457. The van der Waals surface area contributed by atoms with Crippen LogP contribution in [0.3, 0.4) is 0 Å². The zero-order valence-electron chi connectivity index (χ0n) is 12.3. The van der Waals surface area contributed by atoms with Gasteiger partial charge in [0, 0.05) is 25.8 Å². The first-order chi connectivity index (χ1) is 10.1. The van der Waals surface area contributed by atoms with E-state index in [2.05, 4.69) is 10.3 Å². The molecule has 0 atom stereocenters. The number of anilines is 1. The molecule has 0 spiro atoms. The first-order valence-corrected chi connectivity index (χ1v) is 8.80. The third-order valence-electron chi connectivity index (χ3n) is 3.90. The maximum atomic E-state index is 12.9. The molecule has 1 saturated carbocycles. The molecule has 1 aliphatic carbocycles. The van der Waals surface area contributed by atoms with E-state index in [1.807, 2.05) is 0 Å². The van der Waals surface area contributed by atoms with Crippen LogP contribution in [-0.2, 0) is 10.0 Å². The van der Waals surface area contributed by atoms with Crippen LogP contribution in [0.1, 0.15) is 32.1 Å². The molecule has 21 heavy (non-hydrogen) atoms. The molecule has 2 rings (SSSR count). The molecule has 0 unspecified atom stereocenters. The highest BCUT2D eigenvalue weighted by Crippen LogP contribution is 2.29. The van der Waals surface area contributed by atoms with Crippen molar-refractivity contribution in [2.24, 2.45) is 0 Å². The van der Waals surface area contributed by atoms with Crippen molar-refractivity contribution < 1.29 is 13.5 Å². The Bertz CT molecular complexity index is 556. The molecule has 6 nitrogen and oxygen atoms in total. The highest BCUT2D eigenvalue weighted by atomic mass is 32.2. The van der Waals surface area contributed by atoms with Crippen molar-refractivity contribution in [3.63, 3.8) is 0 Å². The van der Waals surface area contributed by atoms with Gasteiger partial charge < -0.3 is 10.4 Å². The van der Waals surface area contributed by atoms with Gasteiger partial charge in [0.25, 0.3) is 0 Å². The van der Waals surface area contributed by atoms with Crippen LogP contribution < -0.4 is 5.32 Å². The lowest BCUT2D eigenvalue weighted by Crippen LogP contribution is -2.43. The molecule has 7 heteroatoms. The fourth-order valence-electron chi connectivity index (χ4n) is 2.88. The number of hydrogen-bond donors (Lipinski definition) is 2. The van der Waals surface area contributed by atoms with Crippen LogP contribution in [0.15, 0.2) is 23.2 Å². The summed E-state index contributed by atoms with van der Waals surface area (Å²) in [4.78, 5) is 4.24. The fraction of sp³-hybridized carbons (Fsp3) is 0.643. The van der Waals surface area contributed by atoms with Gasteiger partial charge in [-0.05, 0) is 25.0 Å². The zero-order valence-corrected chi connectivity index (χ0v) is 13.1. The van der Waals surface area contributed by atoms with Gasteiger partial charge in [-0.15, -0.1) is 0 Å². The van der Waals surface area contributed by atoms with Gasteiger partial charge in [0.15, 0.2) is 0 Å². The number of sulfonamides is 1. The smallest absolute Gasteiger partial charge is 0.247 e. The van der Waals surface area contributed by atoms with Crippen LogP contribution in [0.5, 0.6) is 0 Å². The lowest BCUT2D eigenvalue weighted by atomic mass is 9.95. The molecule has 0 saturated heterocycles. The normalized spacial score (nSPS) is 17.1. The second kappa shape index (κ2) is 7.20. The molecule has 0 radical (unpaired) electrons. The minimum Gasteiger partial charge on any atom is -0.395 e. The number of pyridine rings is 1. The van der Waals surface area contributed by atoms with Gasteiger partial charge in [-0.25, -0.2) is 13.4 Å². The Balaban J connectivity index is 2.37. The number of nitrogens with zero attached hydrogens (tertiary/aromatic N) is 2. The monoisotopic (exact) mass is 313 g/mol. The van der Waals surface area contributed by atoms with Crippen molar-refractivity contribution >= 4 is 15.8 Å². The number of aliphatic hydroxyl groups excluding tert-OH is 1. The van der Waals surface area contributed by atoms with Crippen LogP contribution >= 0.6 is 0 Å². The SMILES string of the molecule is CNc1ncccc1S(=O)(=O)N(CCO)C1CCCCC1. The standard InChI is InChI=1S/C14H23N3O3S/c1-15-14-13(8-5-9-16-14)21(19,20)17(10-11-18)12-6-3-2-4-7-12/h5,8-9,12,18H,2-4,6-7,10-11H2,1H3,(H,15,16). The molecule has 0 aromatic carbocycles. The largest absolute Gasteiger partial charge is 0.395 e. The minimum absolute atomic E-state index is 0.0270. The summed E-state index contributed by atoms with van der Waals surface area (Å²) in [5, 5.41) is 12.1. The summed E-state index contributed by atoms with van der Waals surface area (Å²) >= 11 is 0. The Kier molecular flexibility index (Phi) is 5.55. The second-order valence-electron chi connectivity index (χ2n) is 5.23. The van der Waals surface area contributed by atoms with E-state index in [0.717, 1.165) is 32.1 Å². The molecule has 0 amide bonds. The Morgan fingerprint density at radius 2 is 2.10 bits per heavy atom. The van der Waals surface area contributed by atoms with Crippen LogP contribution in [0.25, 0.3) is 0 Å². The van der Waals surface area contributed by atoms with E-state index in [9.17, 15) is 13.5 Å². The predicted octanol–water partition coefficient (Wildman–Crippen LogP) is 1.44. The van der Waals surface area contributed by atoms with Crippen LogP contribution in [0, 0.1) is 0 Å². The van der Waals surface area contributed by atoms with Crippen LogP contribution in [0.2, 0.25) is 0 Å². The third kappa shape index (κ3) is 3.53. The van der Waals surface area contributed by atoms with Crippen molar-refractivity contribution in [2.45, 2.75) is 43.0 Å². The van der Waals surface area contributed by atoms with E-state index in [4.69, 9.17) is 0 Å². The third-order valence-corrected chi connectivity index (χ3v) is 5.88. The summed E-state index contributed by atoms with van der Waals surface area (Å²) in [6.07, 6.45) is 6.49. The molecular formula is C14H23N3O3S. The average Bonchev–Trinajstić information content (AvgIpc) is 2.53. The highest BCUT2D eigenvalue weighted by molar-refractivity contribution is 7.89. The molecule has 1 aromatic rings. The number of hydrogen-bond acceptors (Lipinski definition) is 5. The van der Waals surface area contributed by atoms with Gasteiger partial charge in [-0.1, -0.05) is 19.3 Å². The van der Waals surface area contributed by atoms with Gasteiger partial charge in [0.2, 0.25) is 10.0 Å². The number of aliphatic hydroxyl groups is 1. The Morgan fingerprint density at radius 3 is 2.71 bits per heavy atom. The lowest BCUT2D eigenvalue weighted by molar-refractivity contribution is 0.199. The van der Waals surface area contributed by atoms with Crippen LogP contribution in [-0.4, -0.2) is 49.1 Å². The minimum atomic E-state index is -3.66. The van der Waals surface area contributed by atoms with E-state index < -0.39 is 10.0 Å². The molecule has 2 N–H and O–H groups in total.